The summed E-state index contributed by atoms with van der Waals surface area (Å²) in [4.78, 5) is 2.44. The standard InChI is InChI=1S/C17H27FN2O/c1-17(2)9-5-10-20(12-17)11-8-14(19)16-13(18)6-4-7-15(16)21-3/h4,6-7,14H,5,8-12,19H2,1-3H3. The van der Waals surface area contributed by atoms with Gasteiger partial charge in [-0.1, -0.05) is 19.9 Å². The van der Waals surface area contributed by atoms with Gasteiger partial charge in [-0.3, -0.25) is 0 Å². The molecule has 2 N–H and O–H groups in total. The molecule has 0 amide bonds. The monoisotopic (exact) mass is 294 g/mol. The number of nitrogens with two attached hydrogens (primary N) is 1. The van der Waals surface area contributed by atoms with Gasteiger partial charge < -0.3 is 15.4 Å². The molecule has 1 aromatic rings. The molecule has 1 unspecified atom stereocenters. The highest BCUT2D eigenvalue weighted by molar-refractivity contribution is 5.37. The van der Waals surface area contributed by atoms with Crippen LogP contribution in [0.4, 0.5) is 4.39 Å². The maximum Gasteiger partial charge on any atom is 0.131 e. The second kappa shape index (κ2) is 6.75. The Hall–Kier alpha value is -1.13. The number of piperidine rings is 1. The van der Waals surface area contributed by atoms with Gasteiger partial charge in [0.2, 0.25) is 0 Å². The van der Waals surface area contributed by atoms with Gasteiger partial charge in [-0.2, -0.15) is 0 Å². The summed E-state index contributed by atoms with van der Waals surface area (Å²) in [6, 6.07) is 4.54. The van der Waals surface area contributed by atoms with E-state index < -0.39 is 0 Å². The number of likely N-dealkylation sites (tertiary alicyclic amines) is 1. The Kier molecular flexibility index (Phi) is 5.22. The third kappa shape index (κ3) is 4.17. The molecule has 1 aliphatic heterocycles. The van der Waals surface area contributed by atoms with Gasteiger partial charge in [-0.05, 0) is 49.9 Å². The molecule has 1 aliphatic rings. The Labute approximate surface area is 127 Å². The Morgan fingerprint density at radius 1 is 1.43 bits per heavy atom. The predicted octanol–water partition coefficient (Wildman–Crippen LogP) is 3.35. The third-order valence-electron chi connectivity index (χ3n) is 4.34. The highest BCUT2D eigenvalue weighted by Gasteiger charge is 2.26. The van der Waals surface area contributed by atoms with Crippen molar-refractivity contribution in [1.82, 2.24) is 4.90 Å². The van der Waals surface area contributed by atoms with E-state index in [0.29, 0.717) is 16.7 Å². The van der Waals surface area contributed by atoms with Crippen LogP contribution in [0.3, 0.4) is 0 Å². The molecule has 0 aromatic heterocycles. The molecule has 1 aromatic carbocycles. The first kappa shape index (κ1) is 16.2. The second-order valence-electron chi connectivity index (χ2n) is 6.79. The largest absolute Gasteiger partial charge is 0.496 e. The molecule has 0 saturated carbocycles. The summed E-state index contributed by atoms with van der Waals surface area (Å²) in [5.74, 6) is 0.266. The molecule has 3 nitrogen and oxygen atoms in total. The van der Waals surface area contributed by atoms with Crippen molar-refractivity contribution in [2.45, 2.75) is 39.2 Å². The lowest BCUT2D eigenvalue weighted by Gasteiger charge is -2.38. The van der Waals surface area contributed by atoms with E-state index in [0.717, 1.165) is 26.1 Å². The van der Waals surface area contributed by atoms with Crippen LogP contribution in [-0.2, 0) is 0 Å². The average molecular weight is 294 g/mol. The van der Waals surface area contributed by atoms with E-state index in [-0.39, 0.29) is 11.9 Å². The van der Waals surface area contributed by atoms with Crippen molar-refractivity contribution in [3.8, 4) is 5.75 Å². The SMILES string of the molecule is COc1cccc(F)c1C(N)CCN1CCCC(C)(C)C1. The molecule has 21 heavy (non-hydrogen) atoms. The molecule has 2 rings (SSSR count). The minimum Gasteiger partial charge on any atom is -0.496 e. The lowest BCUT2D eigenvalue weighted by molar-refractivity contribution is 0.114. The van der Waals surface area contributed by atoms with Crippen LogP contribution in [0.25, 0.3) is 0 Å². The maximum atomic E-state index is 14.0. The highest BCUT2D eigenvalue weighted by atomic mass is 19.1. The summed E-state index contributed by atoms with van der Waals surface area (Å²) in [5.41, 5.74) is 7.08. The van der Waals surface area contributed by atoms with Crippen molar-refractivity contribution in [3.63, 3.8) is 0 Å². The predicted molar refractivity (Wildman–Crippen MR) is 84.0 cm³/mol. The minimum atomic E-state index is -0.328. The molecular weight excluding hydrogens is 267 g/mol. The number of rotatable bonds is 5. The van der Waals surface area contributed by atoms with Gasteiger partial charge in [0.1, 0.15) is 11.6 Å². The number of benzene rings is 1. The van der Waals surface area contributed by atoms with Crippen molar-refractivity contribution in [2.75, 3.05) is 26.7 Å². The molecule has 4 heteroatoms. The highest BCUT2D eigenvalue weighted by Crippen LogP contribution is 2.31. The van der Waals surface area contributed by atoms with Gasteiger partial charge in [-0.25, -0.2) is 4.39 Å². The van der Waals surface area contributed by atoms with E-state index in [9.17, 15) is 4.39 Å². The lowest BCUT2D eigenvalue weighted by atomic mass is 9.84. The van der Waals surface area contributed by atoms with Gasteiger partial charge >= 0.3 is 0 Å². The van der Waals surface area contributed by atoms with Crippen molar-refractivity contribution >= 4 is 0 Å². The topological polar surface area (TPSA) is 38.5 Å². The van der Waals surface area contributed by atoms with E-state index in [1.54, 1.807) is 19.2 Å². The molecule has 0 spiro atoms. The fraction of sp³-hybridized carbons (Fsp3) is 0.647. The average Bonchev–Trinajstić information content (AvgIpc) is 2.43. The number of methoxy groups -OCH3 is 1. The van der Waals surface area contributed by atoms with Crippen LogP contribution in [0, 0.1) is 11.2 Å². The number of ether oxygens (including phenoxy) is 1. The zero-order valence-corrected chi connectivity index (χ0v) is 13.4. The number of nitrogens with zero attached hydrogens (tertiary/aromatic N) is 1. The Balaban J connectivity index is 1.97. The summed E-state index contributed by atoms with van der Waals surface area (Å²) in [7, 11) is 1.55. The summed E-state index contributed by atoms with van der Waals surface area (Å²) in [5, 5.41) is 0. The molecule has 1 heterocycles. The van der Waals surface area contributed by atoms with E-state index in [1.807, 2.05) is 0 Å². The second-order valence-corrected chi connectivity index (χ2v) is 6.79. The zero-order valence-electron chi connectivity index (χ0n) is 13.4. The molecule has 1 saturated heterocycles. The van der Waals surface area contributed by atoms with Crippen LogP contribution in [0.15, 0.2) is 18.2 Å². The smallest absolute Gasteiger partial charge is 0.131 e. The normalized spacial score (nSPS) is 20.2. The summed E-state index contributed by atoms with van der Waals surface area (Å²) in [6.45, 7) is 7.72. The lowest BCUT2D eigenvalue weighted by Crippen LogP contribution is -2.41. The fourth-order valence-corrected chi connectivity index (χ4v) is 3.26. The first-order valence-electron chi connectivity index (χ1n) is 7.73. The summed E-state index contributed by atoms with van der Waals surface area (Å²) < 4.78 is 19.2. The van der Waals surface area contributed by atoms with Crippen LogP contribution in [0.1, 0.15) is 44.7 Å². The fourth-order valence-electron chi connectivity index (χ4n) is 3.26. The first-order valence-corrected chi connectivity index (χ1v) is 7.73. The summed E-state index contributed by atoms with van der Waals surface area (Å²) >= 11 is 0. The molecule has 118 valence electrons. The maximum absolute atomic E-state index is 14.0. The molecular formula is C17H27FN2O. The number of halogens is 1. The minimum absolute atomic E-state index is 0.277. The molecule has 1 fully saturated rings. The molecule has 0 radical (unpaired) electrons. The molecule has 0 bridgehead atoms. The van der Waals surface area contributed by atoms with E-state index in [4.69, 9.17) is 10.5 Å². The van der Waals surface area contributed by atoms with E-state index >= 15 is 0 Å². The van der Waals surface area contributed by atoms with Gasteiger partial charge in [0.25, 0.3) is 0 Å². The summed E-state index contributed by atoms with van der Waals surface area (Å²) in [6.07, 6.45) is 3.25. The van der Waals surface area contributed by atoms with Crippen molar-refractivity contribution in [3.05, 3.63) is 29.6 Å². The van der Waals surface area contributed by atoms with Gasteiger partial charge in [0.05, 0.1) is 7.11 Å². The third-order valence-corrected chi connectivity index (χ3v) is 4.34. The van der Waals surface area contributed by atoms with E-state index in [1.165, 1.54) is 18.9 Å². The Morgan fingerprint density at radius 3 is 2.86 bits per heavy atom. The van der Waals surface area contributed by atoms with Crippen LogP contribution in [-0.4, -0.2) is 31.6 Å². The number of hydrogen-bond acceptors (Lipinski definition) is 3. The van der Waals surface area contributed by atoms with Gasteiger partial charge in [0, 0.05) is 18.2 Å². The van der Waals surface area contributed by atoms with E-state index in [2.05, 4.69) is 18.7 Å². The van der Waals surface area contributed by atoms with Crippen LogP contribution >= 0.6 is 0 Å². The zero-order chi connectivity index (χ0) is 15.5. The molecule has 1 atom stereocenters. The van der Waals surface area contributed by atoms with Crippen LogP contribution < -0.4 is 10.5 Å². The number of hydrogen-bond donors (Lipinski definition) is 1. The van der Waals surface area contributed by atoms with Crippen LogP contribution in [0.5, 0.6) is 5.75 Å². The van der Waals surface area contributed by atoms with Crippen molar-refractivity contribution in [2.24, 2.45) is 11.1 Å². The van der Waals surface area contributed by atoms with Crippen molar-refractivity contribution < 1.29 is 9.13 Å². The van der Waals surface area contributed by atoms with Gasteiger partial charge in [0.15, 0.2) is 0 Å². The van der Waals surface area contributed by atoms with Gasteiger partial charge in [-0.15, -0.1) is 0 Å². The molecule has 0 aliphatic carbocycles. The van der Waals surface area contributed by atoms with Crippen LogP contribution in [0.2, 0.25) is 0 Å². The Bertz CT molecular complexity index is 476. The first-order chi connectivity index (χ1) is 9.93. The van der Waals surface area contributed by atoms with Crippen molar-refractivity contribution in [1.29, 1.82) is 0 Å². The quantitative estimate of drug-likeness (QED) is 0.905. The Morgan fingerprint density at radius 2 is 2.19 bits per heavy atom.